The molecule has 2 rings (SSSR count). The summed E-state index contributed by atoms with van der Waals surface area (Å²) < 4.78 is 26.9. The summed E-state index contributed by atoms with van der Waals surface area (Å²) in [5.41, 5.74) is 1.13. The molecular formula is C24H31BrClN3O4S. The van der Waals surface area contributed by atoms with Crippen LogP contribution in [0.2, 0.25) is 5.02 Å². The zero-order valence-electron chi connectivity index (χ0n) is 19.8. The van der Waals surface area contributed by atoms with Gasteiger partial charge in [0.15, 0.2) is 0 Å². The Bertz CT molecular complexity index is 1090. The highest BCUT2D eigenvalue weighted by molar-refractivity contribution is 9.10. The van der Waals surface area contributed by atoms with Crippen LogP contribution in [0.5, 0.6) is 0 Å². The van der Waals surface area contributed by atoms with E-state index in [9.17, 15) is 18.0 Å². The second kappa shape index (κ2) is 12.6. The first-order valence-electron chi connectivity index (χ1n) is 11.0. The van der Waals surface area contributed by atoms with E-state index in [1.165, 1.54) is 4.90 Å². The van der Waals surface area contributed by atoms with Crippen LogP contribution in [0.15, 0.2) is 53.0 Å². The van der Waals surface area contributed by atoms with E-state index in [-0.39, 0.29) is 18.4 Å². The summed E-state index contributed by atoms with van der Waals surface area (Å²) in [4.78, 5) is 28.0. The van der Waals surface area contributed by atoms with Crippen molar-refractivity contribution in [2.75, 3.05) is 23.7 Å². The molecule has 0 bridgehead atoms. The Morgan fingerprint density at radius 3 is 2.29 bits per heavy atom. The monoisotopic (exact) mass is 571 g/mol. The smallest absolute Gasteiger partial charge is 0.244 e. The van der Waals surface area contributed by atoms with Crippen LogP contribution in [0.4, 0.5) is 5.69 Å². The lowest BCUT2D eigenvalue weighted by Gasteiger charge is -2.33. The predicted molar refractivity (Wildman–Crippen MR) is 140 cm³/mol. The number of hydrogen-bond donors (Lipinski definition) is 1. The van der Waals surface area contributed by atoms with Gasteiger partial charge < -0.3 is 10.2 Å². The molecule has 0 spiro atoms. The van der Waals surface area contributed by atoms with Crippen molar-refractivity contribution in [2.45, 2.75) is 39.8 Å². The third kappa shape index (κ3) is 8.29. The molecule has 10 heteroatoms. The quantitative estimate of drug-likeness (QED) is 0.431. The normalized spacial score (nSPS) is 12.3. The van der Waals surface area contributed by atoms with Crippen molar-refractivity contribution in [1.29, 1.82) is 0 Å². The fourth-order valence-electron chi connectivity index (χ4n) is 3.37. The highest BCUT2D eigenvalue weighted by Crippen LogP contribution is 2.23. The zero-order valence-corrected chi connectivity index (χ0v) is 23.0. The summed E-state index contributed by atoms with van der Waals surface area (Å²) >= 11 is 9.34. The third-order valence-electron chi connectivity index (χ3n) is 5.11. The summed E-state index contributed by atoms with van der Waals surface area (Å²) in [7, 11) is -3.77. The van der Waals surface area contributed by atoms with Gasteiger partial charge in [-0.2, -0.15) is 0 Å². The fourth-order valence-corrected chi connectivity index (χ4v) is 4.73. The summed E-state index contributed by atoms with van der Waals surface area (Å²) in [6, 6.07) is 12.9. The molecule has 0 aromatic heterocycles. The Morgan fingerprint density at radius 2 is 1.76 bits per heavy atom. The third-order valence-corrected chi connectivity index (χ3v) is 7.00. The van der Waals surface area contributed by atoms with Crippen LogP contribution >= 0.6 is 27.5 Å². The van der Waals surface area contributed by atoms with E-state index in [2.05, 4.69) is 21.2 Å². The summed E-state index contributed by atoms with van der Waals surface area (Å²) in [6.07, 6.45) is 1.43. The lowest BCUT2D eigenvalue weighted by molar-refractivity contribution is -0.140. The van der Waals surface area contributed by atoms with E-state index in [4.69, 9.17) is 11.6 Å². The first-order chi connectivity index (χ1) is 15.9. The SMILES string of the molecule is CC[C@H](C(=O)NCC(C)C)N(Cc1ccc(Cl)cc1)C(=O)CN(c1cccc(Br)c1)S(C)(=O)=O. The van der Waals surface area contributed by atoms with E-state index >= 15 is 0 Å². The molecular weight excluding hydrogens is 542 g/mol. The van der Waals surface area contributed by atoms with E-state index in [0.717, 1.165) is 16.1 Å². The van der Waals surface area contributed by atoms with Gasteiger partial charge in [-0.05, 0) is 48.2 Å². The van der Waals surface area contributed by atoms with E-state index < -0.39 is 28.5 Å². The minimum atomic E-state index is -3.77. The van der Waals surface area contributed by atoms with Gasteiger partial charge >= 0.3 is 0 Å². The van der Waals surface area contributed by atoms with Crippen LogP contribution in [-0.2, 0) is 26.2 Å². The van der Waals surface area contributed by atoms with Gasteiger partial charge in [-0.3, -0.25) is 13.9 Å². The van der Waals surface area contributed by atoms with Gasteiger partial charge in [-0.1, -0.05) is 66.5 Å². The minimum Gasteiger partial charge on any atom is -0.354 e. The molecule has 186 valence electrons. The van der Waals surface area contributed by atoms with Crippen LogP contribution in [0.25, 0.3) is 0 Å². The molecule has 2 amide bonds. The van der Waals surface area contributed by atoms with Crippen LogP contribution in [-0.4, -0.2) is 50.5 Å². The Balaban J connectivity index is 2.41. The van der Waals surface area contributed by atoms with Crippen molar-refractivity contribution in [3.8, 4) is 0 Å². The molecule has 0 saturated carbocycles. The van der Waals surface area contributed by atoms with Crippen LogP contribution in [0.1, 0.15) is 32.8 Å². The molecule has 34 heavy (non-hydrogen) atoms. The highest BCUT2D eigenvalue weighted by Gasteiger charge is 2.31. The maximum atomic E-state index is 13.6. The Labute approximate surface area is 215 Å². The summed E-state index contributed by atoms with van der Waals surface area (Å²) in [5.74, 6) is -0.502. The second-order valence-electron chi connectivity index (χ2n) is 8.46. The molecule has 0 radical (unpaired) electrons. The number of carbonyl (C=O) groups is 2. The van der Waals surface area contributed by atoms with Crippen molar-refractivity contribution in [3.63, 3.8) is 0 Å². The second-order valence-corrected chi connectivity index (χ2v) is 11.7. The van der Waals surface area contributed by atoms with Crippen LogP contribution in [0, 0.1) is 5.92 Å². The molecule has 0 aliphatic carbocycles. The van der Waals surface area contributed by atoms with Crippen molar-refractivity contribution < 1.29 is 18.0 Å². The number of rotatable bonds is 11. The fraction of sp³-hybridized carbons (Fsp3) is 0.417. The molecule has 2 aromatic rings. The molecule has 1 N–H and O–H groups in total. The van der Waals surface area contributed by atoms with Crippen molar-refractivity contribution in [3.05, 3.63) is 63.6 Å². The Morgan fingerprint density at radius 1 is 1.12 bits per heavy atom. The number of anilines is 1. The molecule has 0 heterocycles. The van der Waals surface area contributed by atoms with Crippen molar-refractivity contribution >= 4 is 55.1 Å². The van der Waals surface area contributed by atoms with Gasteiger partial charge in [-0.25, -0.2) is 8.42 Å². The zero-order chi connectivity index (χ0) is 25.5. The maximum absolute atomic E-state index is 13.6. The van der Waals surface area contributed by atoms with Gasteiger partial charge in [0.2, 0.25) is 21.8 Å². The van der Waals surface area contributed by atoms with E-state index in [0.29, 0.717) is 28.1 Å². The number of carbonyl (C=O) groups excluding carboxylic acids is 2. The summed E-state index contributed by atoms with van der Waals surface area (Å²) in [5, 5.41) is 3.45. The Hall–Kier alpha value is -2.10. The number of amides is 2. The Kier molecular flexibility index (Phi) is 10.4. The van der Waals surface area contributed by atoms with E-state index in [1.54, 1.807) is 48.5 Å². The first-order valence-corrected chi connectivity index (χ1v) is 14.0. The van der Waals surface area contributed by atoms with Gasteiger partial charge in [0.1, 0.15) is 12.6 Å². The predicted octanol–water partition coefficient (Wildman–Crippen LogP) is 4.45. The average Bonchev–Trinajstić information content (AvgIpc) is 2.76. The molecule has 2 aromatic carbocycles. The number of sulfonamides is 1. The van der Waals surface area contributed by atoms with Crippen molar-refractivity contribution in [2.24, 2.45) is 5.92 Å². The molecule has 1 atom stereocenters. The van der Waals surface area contributed by atoms with Crippen molar-refractivity contribution in [1.82, 2.24) is 10.2 Å². The number of benzene rings is 2. The largest absolute Gasteiger partial charge is 0.354 e. The molecule has 0 saturated heterocycles. The lowest BCUT2D eigenvalue weighted by atomic mass is 10.1. The number of nitrogens with zero attached hydrogens (tertiary/aromatic N) is 2. The number of hydrogen-bond acceptors (Lipinski definition) is 4. The molecule has 7 nitrogen and oxygen atoms in total. The topological polar surface area (TPSA) is 86.8 Å². The van der Waals surface area contributed by atoms with E-state index in [1.807, 2.05) is 20.8 Å². The van der Waals surface area contributed by atoms with Gasteiger partial charge in [0, 0.05) is 22.6 Å². The molecule has 0 fully saturated rings. The van der Waals surface area contributed by atoms with Crippen LogP contribution in [0.3, 0.4) is 0 Å². The number of halogens is 2. The van der Waals surface area contributed by atoms with Gasteiger partial charge in [-0.15, -0.1) is 0 Å². The highest BCUT2D eigenvalue weighted by atomic mass is 79.9. The molecule has 0 aliphatic rings. The van der Waals surface area contributed by atoms with Crippen LogP contribution < -0.4 is 9.62 Å². The standard InChI is InChI=1S/C24H31BrClN3O4S/c1-5-22(24(31)27-14-17(2)3)28(15-18-9-11-20(26)12-10-18)23(30)16-29(34(4,32)33)21-8-6-7-19(25)13-21/h6-13,17,22H,5,14-16H2,1-4H3,(H,27,31)/t22-/m1/s1. The summed E-state index contributed by atoms with van der Waals surface area (Å²) in [6.45, 7) is 5.98. The minimum absolute atomic E-state index is 0.139. The molecule has 0 aliphatic heterocycles. The first kappa shape index (κ1) is 28.1. The number of nitrogens with one attached hydrogen (secondary N) is 1. The molecule has 0 unspecified atom stereocenters. The lowest BCUT2D eigenvalue weighted by Crippen LogP contribution is -2.52. The van der Waals surface area contributed by atoms with Gasteiger partial charge in [0.05, 0.1) is 11.9 Å². The average molecular weight is 573 g/mol. The van der Waals surface area contributed by atoms with Gasteiger partial charge in [0.25, 0.3) is 0 Å². The maximum Gasteiger partial charge on any atom is 0.244 e.